The molecule has 0 N–H and O–H groups in total. The third-order valence-corrected chi connectivity index (χ3v) is 5.79. The van der Waals surface area contributed by atoms with E-state index in [4.69, 9.17) is 4.74 Å². The fourth-order valence-electron chi connectivity index (χ4n) is 4.28. The zero-order valence-corrected chi connectivity index (χ0v) is 17.4. The van der Waals surface area contributed by atoms with Crippen molar-refractivity contribution in [1.29, 1.82) is 0 Å². The van der Waals surface area contributed by atoms with Gasteiger partial charge in [0.1, 0.15) is 5.75 Å². The van der Waals surface area contributed by atoms with Crippen LogP contribution in [0.3, 0.4) is 0 Å². The van der Waals surface area contributed by atoms with Gasteiger partial charge in [0, 0.05) is 30.7 Å². The van der Waals surface area contributed by atoms with Crippen LogP contribution in [0.5, 0.6) is 5.75 Å². The first-order valence-electron chi connectivity index (χ1n) is 10.5. The third-order valence-electron chi connectivity index (χ3n) is 5.79. The number of nitrogens with zero attached hydrogens (tertiary/aromatic N) is 2. The van der Waals surface area contributed by atoms with Crippen molar-refractivity contribution in [3.05, 3.63) is 59.8 Å². The molecule has 2 aromatic carbocycles. The molecule has 0 spiro atoms. The molecule has 1 atom stereocenters. The summed E-state index contributed by atoms with van der Waals surface area (Å²) in [6.07, 6.45) is 4.72. The first-order chi connectivity index (χ1) is 14.0. The van der Waals surface area contributed by atoms with Gasteiger partial charge in [-0.1, -0.05) is 18.2 Å². The lowest BCUT2D eigenvalue weighted by molar-refractivity contribution is -0.138. The van der Waals surface area contributed by atoms with Gasteiger partial charge in [-0.05, 0) is 80.5 Å². The smallest absolute Gasteiger partial charge is 0.263 e. The second-order valence-electron chi connectivity index (χ2n) is 7.95. The Morgan fingerprint density at radius 3 is 2.48 bits per heavy atom. The van der Waals surface area contributed by atoms with Gasteiger partial charge in [0.25, 0.3) is 5.91 Å². The second-order valence-corrected chi connectivity index (χ2v) is 7.95. The Kier molecular flexibility index (Phi) is 5.52. The minimum atomic E-state index is -0.493. The Morgan fingerprint density at radius 1 is 1.03 bits per heavy atom. The van der Waals surface area contributed by atoms with Crippen LogP contribution in [-0.2, 0) is 4.79 Å². The molecule has 4 nitrogen and oxygen atoms in total. The quantitative estimate of drug-likeness (QED) is 0.609. The van der Waals surface area contributed by atoms with Gasteiger partial charge in [0.15, 0.2) is 6.10 Å². The largest absolute Gasteiger partial charge is 0.481 e. The van der Waals surface area contributed by atoms with Crippen LogP contribution in [0.4, 0.5) is 0 Å². The highest BCUT2D eigenvalue weighted by atomic mass is 16.5. The van der Waals surface area contributed by atoms with Crippen molar-refractivity contribution >= 4 is 16.8 Å². The highest BCUT2D eigenvalue weighted by molar-refractivity contribution is 5.96. The fourth-order valence-corrected chi connectivity index (χ4v) is 4.28. The van der Waals surface area contributed by atoms with E-state index in [1.807, 2.05) is 30.2 Å². The van der Waals surface area contributed by atoms with Crippen LogP contribution in [-0.4, -0.2) is 35.0 Å². The molecule has 0 saturated carbocycles. The number of carbonyl (C=O) groups excluding carboxylic acids is 1. The molecule has 0 radical (unpaired) electrons. The van der Waals surface area contributed by atoms with Gasteiger partial charge in [-0.2, -0.15) is 0 Å². The number of rotatable bonds is 4. The Labute approximate surface area is 172 Å². The number of hydrogen-bond acceptors (Lipinski definition) is 3. The second kappa shape index (κ2) is 8.24. The van der Waals surface area contributed by atoms with Crippen molar-refractivity contribution < 1.29 is 9.53 Å². The lowest BCUT2D eigenvalue weighted by atomic mass is 9.93. The van der Waals surface area contributed by atoms with Gasteiger partial charge in [-0.15, -0.1) is 0 Å². The molecular formula is C25H28N2O2. The minimum absolute atomic E-state index is 0.0713. The Hall–Kier alpha value is -2.88. The van der Waals surface area contributed by atoms with Gasteiger partial charge < -0.3 is 9.64 Å². The van der Waals surface area contributed by atoms with E-state index in [0.717, 1.165) is 36.8 Å². The standard InChI is InChI=1S/C25H28N2O2/c1-17-8-7-9-18(2)24(17)22-12-13-26-23-16-20(10-11-21(22)23)29-19(3)25(28)27-14-5-4-6-15-27/h7-13,16,19H,4-6,14-15H2,1-3H3. The molecule has 0 aliphatic carbocycles. The SMILES string of the molecule is Cc1cccc(C)c1-c1ccnc2cc(OC(C)C(=O)N3CCCCC3)ccc12. The molecule has 29 heavy (non-hydrogen) atoms. The maximum atomic E-state index is 12.7. The Balaban J connectivity index is 1.61. The average Bonchev–Trinajstić information content (AvgIpc) is 2.73. The maximum Gasteiger partial charge on any atom is 0.263 e. The third kappa shape index (κ3) is 3.98. The predicted molar refractivity (Wildman–Crippen MR) is 117 cm³/mol. The van der Waals surface area contributed by atoms with Crippen LogP contribution in [0.1, 0.15) is 37.3 Å². The molecule has 150 valence electrons. The molecule has 1 saturated heterocycles. The number of aryl methyl sites for hydroxylation is 2. The van der Waals surface area contributed by atoms with Crippen LogP contribution >= 0.6 is 0 Å². The number of amides is 1. The van der Waals surface area contributed by atoms with Crippen LogP contribution in [0.15, 0.2) is 48.7 Å². The number of piperidine rings is 1. The highest BCUT2D eigenvalue weighted by Gasteiger charge is 2.23. The topological polar surface area (TPSA) is 42.4 Å². The van der Waals surface area contributed by atoms with Crippen molar-refractivity contribution in [2.24, 2.45) is 0 Å². The molecule has 0 bridgehead atoms. The zero-order valence-electron chi connectivity index (χ0n) is 17.4. The van der Waals surface area contributed by atoms with E-state index < -0.39 is 6.10 Å². The summed E-state index contributed by atoms with van der Waals surface area (Å²) in [6.45, 7) is 7.79. The van der Waals surface area contributed by atoms with Gasteiger partial charge in [-0.25, -0.2) is 0 Å². The molecule has 4 rings (SSSR count). The number of benzene rings is 2. The van der Waals surface area contributed by atoms with Crippen molar-refractivity contribution in [2.75, 3.05) is 13.1 Å². The van der Waals surface area contributed by atoms with E-state index >= 15 is 0 Å². The molecule has 3 aromatic rings. The lowest BCUT2D eigenvalue weighted by Gasteiger charge is -2.29. The minimum Gasteiger partial charge on any atom is -0.481 e. The van der Waals surface area contributed by atoms with Crippen LogP contribution in [0, 0.1) is 13.8 Å². The van der Waals surface area contributed by atoms with Crippen molar-refractivity contribution in [3.8, 4) is 16.9 Å². The van der Waals surface area contributed by atoms with Crippen LogP contribution < -0.4 is 4.74 Å². The van der Waals surface area contributed by atoms with E-state index in [0.29, 0.717) is 5.75 Å². The molecule has 2 heterocycles. The van der Waals surface area contributed by atoms with Crippen LogP contribution in [0.25, 0.3) is 22.0 Å². The number of pyridine rings is 1. The first-order valence-corrected chi connectivity index (χ1v) is 10.5. The summed E-state index contributed by atoms with van der Waals surface area (Å²) in [6, 6.07) is 14.4. The summed E-state index contributed by atoms with van der Waals surface area (Å²) in [5.41, 5.74) is 5.80. The van der Waals surface area contributed by atoms with Crippen molar-refractivity contribution in [1.82, 2.24) is 9.88 Å². The molecule has 1 fully saturated rings. The maximum absolute atomic E-state index is 12.7. The monoisotopic (exact) mass is 388 g/mol. The number of likely N-dealkylation sites (tertiary alicyclic amines) is 1. The van der Waals surface area contributed by atoms with E-state index in [1.165, 1.54) is 28.7 Å². The zero-order chi connectivity index (χ0) is 20.4. The molecule has 1 unspecified atom stereocenters. The summed E-state index contributed by atoms with van der Waals surface area (Å²) in [4.78, 5) is 19.1. The predicted octanol–water partition coefficient (Wildman–Crippen LogP) is 5.30. The first kappa shape index (κ1) is 19.4. The number of ether oxygens (including phenoxy) is 1. The van der Waals surface area contributed by atoms with Crippen molar-refractivity contribution in [3.63, 3.8) is 0 Å². The molecule has 1 aliphatic rings. The molecule has 1 aliphatic heterocycles. The number of aromatic nitrogens is 1. The molecule has 1 amide bonds. The van der Waals surface area contributed by atoms with Crippen molar-refractivity contribution in [2.45, 2.75) is 46.1 Å². The normalized spacial score (nSPS) is 15.3. The van der Waals surface area contributed by atoms with Gasteiger partial charge in [-0.3, -0.25) is 9.78 Å². The Morgan fingerprint density at radius 2 is 1.76 bits per heavy atom. The summed E-state index contributed by atoms with van der Waals surface area (Å²) < 4.78 is 6.00. The van der Waals surface area contributed by atoms with Gasteiger partial charge in [0.05, 0.1) is 5.52 Å². The van der Waals surface area contributed by atoms with Gasteiger partial charge in [0.2, 0.25) is 0 Å². The van der Waals surface area contributed by atoms with E-state index in [2.05, 4.69) is 49.2 Å². The summed E-state index contributed by atoms with van der Waals surface area (Å²) in [7, 11) is 0. The fraction of sp³-hybridized carbons (Fsp3) is 0.360. The average molecular weight is 389 g/mol. The summed E-state index contributed by atoms with van der Waals surface area (Å²) in [5, 5.41) is 1.09. The van der Waals surface area contributed by atoms with E-state index in [1.54, 1.807) is 0 Å². The number of carbonyl (C=O) groups is 1. The highest BCUT2D eigenvalue weighted by Crippen LogP contribution is 2.33. The lowest BCUT2D eigenvalue weighted by Crippen LogP contribution is -2.43. The van der Waals surface area contributed by atoms with Gasteiger partial charge >= 0.3 is 0 Å². The molecule has 1 aromatic heterocycles. The summed E-state index contributed by atoms with van der Waals surface area (Å²) in [5.74, 6) is 0.753. The summed E-state index contributed by atoms with van der Waals surface area (Å²) >= 11 is 0. The number of hydrogen-bond donors (Lipinski definition) is 0. The molecule has 4 heteroatoms. The number of fused-ring (bicyclic) bond motifs is 1. The van der Waals surface area contributed by atoms with Crippen LogP contribution in [0.2, 0.25) is 0 Å². The molecular weight excluding hydrogens is 360 g/mol. The Bertz CT molecular complexity index is 1020. The van der Waals surface area contributed by atoms with E-state index in [9.17, 15) is 4.79 Å². The van der Waals surface area contributed by atoms with E-state index in [-0.39, 0.29) is 5.91 Å².